The Morgan fingerprint density at radius 1 is 1.28 bits per heavy atom. The number of benzene rings is 1. The number of hydrogen-bond acceptors (Lipinski definition) is 5. The summed E-state index contributed by atoms with van der Waals surface area (Å²) in [5.74, 6) is -0.399. The summed E-state index contributed by atoms with van der Waals surface area (Å²) in [6.45, 7) is 0. The number of methoxy groups -OCH3 is 1. The van der Waals surface area contributed by atoms with E-state index in [4.69, 9.17) is 21.1 Å². The number of hydrogen-bond donors (Lipinski definition) is 1. The van der Waals surface area contributed by atoms with Gasteiger partial charge in [0.15, 0.2) is 0 Å². The van der Waals surface area contributed by atoms with Gasteiger partial charge in [-0.05, 0) is 31.0 Å². The van der Waals surface area contributed by atoms with Gasteiger partial charge < -0.3 is 14.8 Å². The van der Waals surface area contributed by atoms with Crippen LogP contribution in [0.3, 0.4) is 0 Å². The molecule has 1 aliphatic carbocycles. The van der Waals surface area contributed by atoms with E-state index >= 15 is 0 Å². The molecule has 2 fully saturated rings. The predicted molar refractivity (Wildman–Crippen MR) is 89.5 cm³/mol. The molecule has 1 saturated heterocycles. The summed E-state index contributed by atoms with van der Waals surface area (Å²) in [6.07, 6.45) is 2.61. The molecule has 2 aliphatic rings. The molecule has 1 unspecified atom stereocenters. The molecule has 0 spiro atoms. The lowest BCUT2D eigenvalue weighted by Gasteiger charge is -2.23. The lowest BCUT2D eigenvalue weighted by Crippen LogP contribution is -2.47. The molecule has 4 amide bonds. The van der Waals surface area contributed by atoms with Crippen molar-refractivity contribution in [3.05, 3.63) is 28.8 Å². The molecule has 25 heavy (non-hydrogen) atoms. The van der Waals surface area contributed by atoms with E-state index in [0.717, 1.165) is 32.1 Å². The maximum atomic E-state index is 12.6. The first kappa shape index (κ1) is 17.5. The van der Waals surface area contributed by atoms with E-state index in [1.165, 1.54) is 13.2 Å². The van der Waals surface area contributed by atoms with Crippen LogP contribution in [0.15, 0.2) is 18.2 Å². The second-order valence-electron chi connectivity index (χ2n) is 6.11. The van der Waals surface area contributed by atoms with E-state index in [0.29, 0.717) is 21.2 Å². The van der Waals surface area contributed by atoms with E-state index < -0.39 is 24.1 Å². The van der Waals surface area contributed by atoms with Crippen LogP contribution in [0.1, 0.15) is 43.8 Å². The molecule has 0 aromatic heterocycles. The number of halogens is 1. The molecule has 1 aromatic rings. The number of rotatable bonds is 3. The summed E-state index contributed by atoms with van der Waals surface area (Å²) in [5, 5.41) is 3.11. The second kappa shape index (κ2) is 7.31. The molecule has 1 aliphatic heterocycles. The summed E-state index contributed by atoms with van der Waals surface area (Å²) in [4.78, 5) is 37.6. The van der Waals surface area contributed by atoms with Crippen LogP contribution in [0.25, 0.3) is 0 Å². The SMILES string of the molecule is COc1ccc(Cl)cc1C1OC(=O)N(C(=O)NC2CCCCC2)C1=O. The molecule has 134 valence electrons. The zero-order chi connectivity index (χ0) is 18.0. The number of urea groups is 1. The number of cyclic esters (lactones) is 1. The third-order valence-corrected chi connectivity index (χ3v) is 4.69. The molecule has 0 bridgehead atoms. The summed E-state index contributed by atoms with van der Waals surface area (Å²) >= 11 is 5.96. The lowest BCUT2D eigenvalue weighted by molar-refractivity contribution is -0.128. The minimum atomic E-state index is -1.25. The summed E-state index contributed by atoms with van der Waals surface area (Å²) in [5.41, 5.74) is 0.307. The topological polar surface area (TPSA) is 84.9 Å². The zero-order valence-corrected chi connectivity index (χ0v) is 14.5. The van der Waals surface area contributed by atoms with Gasteiger partial charge >= 0.3 is 12.1 Å². The monoisotopic (exact) mass is 366 g/mol. The third-order valence-electron chi connectivity index (χ3n) is 4.46. The Kier molecular flexibility index (Phi) is 5.13. The van der Waals surface area contributed by atoms with Crippen LogP contribution < -0.4 is 10.1 Å². The van der Waals surface area contributed by atoms with Crippen molar-refractivity contribution in [1.82, 2.24) is 10.2 Å². The minimum Gasteiger partial charge on any atom is -0.496 e. The van der Waals surface area contributed by atoms with Crippen LogP contribution in [0.5, 0.6) is 5.75 Å². The molecule has 1 atom stereocenters. The van der Waals surface area contributed by atoms with Gasteiger partial charge in [-0.2, -0.15) is 4.90 Å². The Morgan fingerprint density at radius 3 is 2.68 bits per heavy atom. The normalized spacial score (nSPS) is 21.2. The van der Waals surface area contributed by atoms with Crippen LogP contribution in [-0.4, -0.2) is 36.1 Å². The first-order valence-electron chi connectivity index (χ1n) is 8.19. The van der Waals surface area contributed by atoms with Crippen molar-refractivity contribution in [2.75, 3.05) is 7.11 Å². The molecule has 0 radical (unpaired) electrons. The zero-order valence-electron chi connectivity index (χ0n) is 13.8. The number of imide groups is 3. The highest BCUT2D eigenvalue weighted by atomic mass is 35.5. The highest BCUT2D eigenvalue weighted by Gasteiger charge is 2.47. The molecule has 8 heteroatoms. The number of nitrogens with zero attached hydrogens (tertiary/aromatic N) is 1. The van der Waals surface area contributed by atoms with Crippen molar-refractivity contribution >= 4 is 29.6 Å². The summed E-state index contributed by atoms with van der Waals surface area (Å²) in [7, 11) is 1.43. The molecular formula is C17H19ClN2O5. The van der Waals surface area contributed by atoms with Crippen molar-refractivity contribution in [1.29, 1.82) is 0 Å². The number of nitrogens with one attached hydrogen (secondary N) is 1. The van der Waals surface area contributed by atoms with E-state index in [1.54, 1.807) is 12.1 Å². The van der Waals surface area contributed by atoms with Crippen molar-refractivity contribution in [3.8, 4) is 5.75 Å². The highest BCUT2D eigenvalue weighted by molar-refractivity contribution is 6.30. The number of carbonyl (C=O) groups excluding carboxylic acids is 3. The van der Waals surface area contributed by atoms with Gasteiger partial charge in [-0.1, -0.05) is 30.9 Å². The molecule has 1 saturated carbocycles. The number of ether oxygens (including phenoxy) is 2. The second-order valence-corrected chi connectivity index (χ2v) is 6.54. The fraction of sp³-hybridized carbons (Fsp3) is 0.471. The van der Waals surface area contributed by atoms with Crippen LogP contribution in [0.4, 0.5) is 9.59 Å². The molecule has 7 nitrogen and oxygen atoms in total. The quantitative estimate of drug-likeness (QED) is 0.886. The van der Waals surface area contributed by atoms with Crippen LogP contribution in [0, 0.1) is 0 Å². The van der Waals surface area contributed by atoms with Crippen LogP contribution in [-0.2, 0) is 9.53 Å². The first-order chi connectivity index (χ1) is 12.0. The maximum Gasteiger partial charge on any atom is 0.426 e. The lowest BCUT2D eigenvalue weighted by atomic mass is 9.96. The maximum absolute atomic E-state index is 12.6. The fourth-order valence-electron chi connectivity index (χ4n) is 3.19. The van der Waals surface area contributed by atoms with Crippen LogP contribution in [0.2, 0.25) is 5.02 Å². The van der Waals surface area contributed by atoms with Gasteiger partial charge in [-0.15, -0.1) is 0 Å². The van der Waals surface area contributed by atoms with Gasteiger partial charge in [-0.3, -0.25) is 4.79 Å². The van der Waals surface area contributed by atoms with Crippen molar-refractivity contribution in [2.45, 2.75) is 44.2 Å². The Bertz CT molecular complexity index is 702. The van der Waals surface area contributed by atoms with E-state index in [9.17, 15) is 14.4 Å². The van der Waals surface area contributed by atoms with Crippen LogP contribution >= 0.6 is 11.6 Å². The Hall–Kier alpha value is -2.28. The average Bonchev–Trinajstić information content (AvgIpc) is 2.90. The molecule has 1 heterocycles. The van der Waals surface area contributed by atoms with Gasteiger partial charge in [0.25, 0.3) is 5.91 Å². The van der Waals surface area contributed by atoms with E-state index in [2.05, 4.69) is 5.32 Å². The van der Waals surface area contributed by atoms with Crippen molar-refractivity contribution < 1.29 is 23.9 Å². The Morgan fingerprint density at radius 2 is 2.00 bits per heavy atom. The number of carbonyl (C=O) groups is 3. The van der Waals surface area contributed by atoms with E-state index in [-0.39, 0.29) is 6.04 Å². The fourth-order valence-corrected chi connectivity index (χ4v) is 3.37. The standard InChI is InChI=1S/C17H19ClN2O5/c1-24-13-8-7-10(18)9-12(13)14-15(21)20(17(23)25-14)16(22)19-11-5-3-2-4-6-11/h7-9,11,14H,2-6H2,1H3,(H,19,22). The van der Waals surface area contributed by atoms with E-state index in [1.807, 2.05) is 0 Å². The third kappa shape index (κ3) is 3.56. The number of amides is 4. The smallest absolute Gasteiger partial charge is 0.426 e. The molecule has 1 N–H and O–H groups in total. The first-order valence-corrected chi connectivity index (χ1v) is 8.57. The Labute approximate surface area is 150 Å². The van der Waals surface area contributed by atoms with Gasteiger partial charge in [0.2, 0.25) is 6.10 Å². The van der Waals surface area contributed by atoms with Gasteiger partial charge in [0.1, 0.15) is 5.75 Å². The van der Waals surface area contributed by atoms with Gasteiger partial charge in [0, 0.05) is 16.6 Å². The molecule has 1 aromatic carbocycles. The Balaban J connectivity index is 1.78. The van der Waals surface area contributed by atoms with Crippen molar-refractivity contribution in [3.63, 3.8) is 0 Å². The summed E-state index contributed by atoms with van der Waals surface area (Å²) in [6, 6.07) is 3.88. The molecule has 3 rings (SSSR count). The van der Waals surface area contributed by atoms with Crippen molar-refractivity contribution in [2.24, 2.45) is 0 Å². The predicted octanol–water partition coefficient (Wildman–Crippen LogP) is 3.41. The van der Waals surface area contributed by atoms with Gasteiger partial charge in [0.05, 0.1) is 7.11 Å². The largest absolute Gasteiger partial charge is 0.496 e. The minimum absolute atomic E-state index is 0.0263. The van der Waals surface area contributed by atoms with Gasteiger partial charge in [-0.25, -0.2) is 9.59 Å². The average molecular weight is 367 g/mol. The molecular weight excluding hydrogens is 348 g/mol. The summed E-state index contributed by atoms with van der Waals surface area (Å²) < 4.78 is 10.3. The highest BCUT2D eigenvalue weighted by Crippen LogP contribution is 2.35.